The summed E-state index contributed by atoms with van der Waals surface area (Å²) in [6, 6.07) is 0. The minimum atomic E-state index is -5.62. The third kappa shape index (κ3) is 12.5. The van der Waals surface area contributed by atoms with E-state index in [0.29, 0.717) is 5.75 Å². The van der Waals surface area contributed by atoms with E-state index in [2.05, 4.69) is 38.9 Å². The molecule has 29 heteroatoms. The fourth-order valence-corrected chi connectivity index (χ4v) is 7.05. The third-order valence-corrected chi connectivity index (χ3v) is 10.3. The van der Waals surface area contributed by atoms with E-state index < -0.39 is 89.1 Å². The molecule has 0 aliphatic heterocycles. The van der Waals surface area contributed by atoms with E-state index in [0.717, 1.165) is 17.2 Å². The van der Waals surface area contributed by atoms with Gasteiger partial charge in [0.25, 0.3) is 5.88 Å². The fraction of sp³-hybridized carbons (Fsp3) is 0.478. The van der Waals surface area contributed by atoms with Gasteiger partial charge in [0.1, 0.15) is 25.4 Å². The van der Waals surface area contributed by atoms with Crippen LogP contribution < -0.4 is 26.6 Å². The highest BCUT2D eigenvalue weighted by Gasteiger charge is 2.41. The van der Waals surface area contributed by atoms with Crippen LogP contribution in [0.3, 0.4) is 0 Å². The number of aliphatic hydroxyl groups excluding tert-OH is 1. The number of aliphatic hydroxyl groups is 1. The minimum absolute atomic E-state index is 0.0305. The number of nitrogens with zero attached hydrogens (tertiary/aromatic N) is 4. The average Bonchev–Trinajstić information content (AvgIpc) is 3.58. The van der Waals surface area contributed by atoms with E-state index >= 15 is 0 Å². The van der Waals surface area contributed by atoms with Crippen LogP contribution in [0.2, 0.25) is 0 Å². The summed E-state index contributed by atoms with van der Waals surface area (Å²) in [5, 5.41) is 26.0. The van der Waals surface area contributed by atoms with Crippen LogP contribution in [0, 0.1) is 5.41 Å². The van der Waals surface area contributed by atoms with E-state index in [1.807, 2.05) is 0 Å². The lowest BCUT2D eigenvalue weighted by Crippen LogP contribution is -2.46. The highest BCUT2D eigenvalue weighted by molar-refractivity contribution is 7.99. The second-order valence-electron chi connectivity index (χ2n) is 11.0. The Morgan fingerprint density at radius 3 is 2.38 bits per heavy atom. The maximum Gasteiger partial charge on any atom is 0.525 e. The largest absolute Gasteiger partial charge is 0.525 e. The molecule has 0 saturated heterocycles. The molecule has 0 radical (unpaired) electrons. The number of furan rings is 1. The molecule has 0 saturated carbocycles. The molecule has 3 heterocycles. The molecule has 3 amide bonds. The molecule has 0 bridgehead atoms. The van der Waals surface area contributed by atoms with Crippen molar-refractivity contribution in [3.8, 4) is 17.4 Å². The first-order valence-electron chi connectivity index (χ1n) is 14.3. The van der Waals surface area contributed by atoms with Crippen molar-refractivity contribution in [2.75, 3.05) is 36.9 Å². The number of imidazole rings is 1. The molecule has 0 spiro atoms. The van der Waals surface area contributed by atoms with Gasteiger partial charge >= 0.3 is 23.5 Å². The van der Waals surface area contributed by atoms with E-state index in [4.69, 9.17) is 20.4 Å². The number of aromatic hydroxyl groups is 1. The number of rotatable bonds is 21. The van der Waals surface area contributed by atoms with Crippen molar-refractivity contribution in [1.82, 2.24) is 30.2 Å². The number of phosphoric acid groups is 3. The second kappa shape index (κ2) is 17.5. The summed E-state index contributed by atoms with van der Waals surface area (Å²) < 4.78 is 61.0. The Labute approximate surface area is 296 Å². The molecule has 25 nitrogen and oxygen atoms in total. The molecule has 0 aliphatic carbocycles. The number of primary amides is 1. The van der Waals surface area contributed by atoms with E-state index in [1.54, 1.807) is 0 Å². The summed E-state index contributed by atoms with van der Waals surface area (Å²) in [4.78, 5) is 85.5. The van der Waals surface area contributed by atoms with Crippen molar-refractivity contribution in [2.45, 2.75) is 33.0 Å². The van der Waals surface area contributed by atoms with Crippen LogP contribution in [0.1, 0.15) is 26.0 Å². The van der Waals surface area contributed by atoms with Crippen molar-refractivity contribution in [3.05, 3.63) is 18.4 Å². The van der Waals surface area contributed by atoms with Crippen LogP contribution in [-0.4, -0.2) is 104 Å². The number of anilines is 1. The first-order chi connectivity index (χ1) is 24.0. The summed E-state index contributed by atoms with van der Waals surface area (Å²) in [5.41, 5.74) is 9.09. The van der Waals surface area contributed by atoms with Crippen LogP contribution in [0.4, 0.5) is 5.82 Å². The number of aromatic nitrogens is 4. The standard InChI is InChI=1S/C23H35N8O17P3S/c1-23(2,18(35)21(36)27-4-3-14(33)26-5-6-52-8-13(24)32)9-45-51(42,43)48-50(40,41)44-7-12-17(47-49(37,38)39)16(34)22(46-12)31-11-30-15-19(25)28-10-29-20(15)31/h10-11,18,34-35H,3-9H2,1-2H3,(H2,24,32)(H,26,33)(H,27,36)(H,40,41)(H,42,43)(H2,25,28,29)(H2,37,38,39)/t18-/m0/s1. The Morgan fingerprint density at radius 2 is 1.73 bits per heavy atom. The molecular weight excluding hydrogens is 785 g/mol. The van der Waals surface area contributed by atoms with Crippen LogP contribution >= 0.6 is 35.2 Å². The zero-order valence-electron chi connectivity index (χ0n) is 27.0. The maximum atomic E-state index is 12.6. The molecule has 3 atom stereocenters. The highest BCUT2D eigenvalue weighted by Crippen LogP contribution is 2.61. The van der Waals surface area contributed by atoms with E-state index in [1.165, 1.54) is 25.6 Å². The smallest absolute Gasteiger partial charge is 0.500 e. The molecule has 0 aliphatic rings. The number of nitrogens with two attached hydrogens (primary N) is 2. The summed E-state index contributed by atoms with van der Waals surface area (Å²) in [5.74, 6) is -5.09. The van der Waals surface area contributed by atoms with Crippen LogP contribution in [0.5, 0.6) is 11.5 Å². The highest BCUT2D eigenvalue weighted by atomic mass is 32.2. The summed E-state index contributed by atoms with van der Waals surface area (Å²) in [7, 11) is -16.5. The minimum Gasteiger partial charge on any atom is -0.500 e. The van der Waals surface area contributed by atoms with Gasteiger partial charge in [-0.2, -0.15) is 16.1 Å². The number of phosphoric ester groups is 3. The molecule has 2 unspecified atom stereocenters. The zero-order chi connectivity index (χ0) is 39.1. The molecule has 0 fully saturated rings. The van der Waals surface area contributed by atoms with Gasteiger partial charge in [0.15, 0.2) is 22.7 Å². The lowest BCUT2D eigenvalue weighted by atomic mass is 9.87. The van der Waals surface area contributed by atoms with Crippen LogP contribution in [0.25, 0.3) is 17.0 Å². The van der Waals surface area contributed by atoms with Gasteiger partial charge in [-0.25, -0.2) is 33.2 Å². The third-order valence-electron chi connectivity index (χ3n) is 6.30. The zero-order valence-corrected chi connectivity index (χ0v) is 30.5. The average molecular weight is 821 g/mol. The van der Waals surface area contributed by atoms with Gasteiger partial charge < -0.3 is 51.0 Å². The van der Waals surface area contributed by atoms with Gasteiger partial charge in [0, 0.05) is 30.7 Å². The number of fused-ring (bicyclic) bond motifs is 1. The lowest BCUT2D eigenvalue weighted by Gasteiger charge is -2.29. The Morgan fingerprint density at radius 1 is 1.06 bits per heavy atom. The molecule has 12 N–H and O–H groups in total. The first-order valence-corrected chi connectivity index (χ1v) is 20.0. The maximum absolute atomic E-state index is 12.6. The molecular formula is C23H35N8O17P3S. The van der Waals surface area contributed by atoms with Crippen molar-refractivity contribution < 1.29 is 80.2 Å². The molecule has 290 valence electrons. The van der Waals surface area contributed by atoms with Gasteiger partial charge in [-0.05, 0) is 0 Å². The SMILES string of the molecule is CC(C)(COP(=O)(O)OP(=O)(O)OCc1oc(-n2cnc3c(N)ncnc32)c(O)c1OP(=O)(O)O)[C@@H](O)C(=O)NCCC(=O)NCCSCC(N)=O. The number of nitrogen functional groups attached to an aromatic ring is 1. The molecule has 3 aromatic heterocycles. The molecule has 3 rings (SSSR count). The Hall–Kier alpha value is -3.64. The monoisotopic (exact) mass is 820 g/mol. The van der Waals surface area contributed by atoms with Crippen molar-refractivity contribution >= 4 is 69.9 Å². The summed E-state index contributed by atoms with van der Waals surface area (Å²) >= 11 is 1.22. The van der Waals surface area contributed by atoms with Gasteiger partial charge in [-0.15, -0.1) is 0 Å². The lowest BCUT2D eigenvalue weighted by molar-refractivity contribution is -0.137. The number of amides is 3. The van der Waals surface area contributed by atoms with E-state index in [-0.39, 0.29) is 42.2 Å². The topological polar surface area (TPSA) is 394 Å². The van der Waals surface area contributed by atoms with E-state index in [9.17, 15) is 57.9 Å². The fourth-order valence-electron chi connectivity index (χ4n) is 3.83. The number of nitrogens with one attached hydrogen (secondary N) is 2. The number of thioether (sulfide) groups is 1. The van der Waals surface area contributed by atoms with Gasteiger partial charge in [0.2, 0.25) is 29.2 Å². The summed E-state index contributed by atoms with van der Waals surface area (Å²) in [6.07, 6.45) is 0.00150. The number of hydrogen-bond donors (Lipinski definition) is 10. The van der Waals surface area contributed by atoms with Gasteiger partial charge in [0.05, 0.1) is 12.4 Å². The first kappa shape index (κ1) is 42.8. The number of carbonyl (C=O) groups excluding carboxylic acids is 3. The number of carbonyl (C=O) groups is 3. The van der Waals surface area contributed by atoms with Crippen molar-refractivity contribution in [2.24, 2.45) is 11.1 Å². The molecule has 52 heavy (non-hydrogen) atoms. The van der Waals surface area contributed by atoms with Gasteiger partial charge in [-0.1, -0.05) is 13.8 Å². The van der Waals surface area contributed by atoms with Crippen LogP contribution in [0.15, 0.2) is 17.1 Å². The van der Waals surface area contributed by atoms with Crippen molar-refractivity contribution in [1.29, 1.82) is 0 Å². The predicted octanol–water partition coefficient (Wildman–Crippen LogP) is -0.853. The predicted molar refractivity (Wildman–Crippen MR) is 176 cm³/mol. The normalized spacial score (nSPS) is 15.1. The van der Waals surface area contributed by atoms with Crippen LogP contribution in [-0.2, 0) is 48.0 Å². The Bertz CT molecular complexity index is 1920. The second-order valence-corrected chi connectivity index (χ2v) is 16.3. The Kier molecular flexibility index (Phi) is 14.4. The molecule has 3 aromatic rings. The van der Waals surface area contributed by atoms with Crippen molar-refractivity contribution in [3.63, 3.8) is 0 Å². The Balaban J connectivity index is 1.59. The summed E-state index contributed by atoms with van der Waals surface area (Å²) in [6.45, 7) is 0.310. The number of hydrogen-bond acceptors (Lipinski definition) is 18. The quantitative estimate of drug-likeness (QED) is 0.0462. The molecule has 0 aromatic carbocycles. The van der Waals surface area contributed by atoms with Gasteiger partial charge in [-0.3, -0.25) is 33.2 Å².